The van der Waals surface area contributed by atoms with Gasteiger partial charge >= 0.3 is 97.2 Å². The second-order valence-electron chi connectivity index (χ2n) is 24.5. The van der Waals surface area contributed by atoms with E-state index in [1.165, 1.54) is 62.3 Å². The third-order valence-corrected chi connectivity index (χ3v) is 14.3. The molecule has 16 nitrogen and oxygen atoms in total. The summed E-state index contributed by atoms with van der Waals surface area (Å²) in [5, 5.41) is 0. The molecule has 0 spiro atoms. The smallest absolute Gasteiger partial charge is 0.434 e. The molecule has 0 aliphatic heterocycles. The van der Waals surface area contributed by atoms with Crippen molar-refractivity contribution in [1.82, 2.24) is 0 Å². The Morgan fingerprint density at radius 1 is 0.276 bits per heavy atom. The summed E-state index contributed by atoms with van der Waals surface area (Å²) >= 11 is 0. The average Bonchev–Trinajstić information content (AvgIpc) is 0.831. The van der Waals surface area contributed by atoms with Crippen molar-refractivity contribution in [3.63, 3.8) is 0 Å². The van der Waals surface area contributed by atoms with Crippen LogP contribution in [0.15, 0.2) is 0 Å². The van der Waals surface area contributed by atoms with Crippen molar-refractivity contribution in [1.29, 1.82) is 0 Å². The van der Waals surface area contributed by atoms with E-state index in [2.05, 4.69) is 18.9 Å². The lowest BCUT2D eigenvalue weighted by molar-refractivity contribution is -0.314. The van der Waals surface area contributed by atoms with Crippen LogP contribution in [0.25, 0.3) is 0 Å². The van der Waals surface area contributed by atoms with Crippen molar-refractivity contribution < 1.29 is 182 Å². The van der Waals surface area contributed by atoms with Gasteiger partial charge in [0.25, 0.3) is 24.4 Å². The second kappa shape index (κ2) is 37.7. The molecule has 0 amide bonds. The van der Waals surface area contributed by atoms with E-state index in [0.29, 0.717) is 25.7 Å². The van der Waals surface area contributed by atoms with Crippen LogP contribution in [0.4, 0.5) is 105 Å². The number of alkyl halides is 24. The first-order valence-corrected chi connectivity index (χ1v) is 29.5. The third kappa shape index (κ3) is 36.4. The van der Waals surface area contributed by atoms with Gasteiger partial charge < -0.3 is 37.9 Å². The van der Waals surface area contributed by atoms with Gasteiger partial charge in [-0.2, -0.15) is 105 Å². The topological polar surface area (TPSA) is 210 Å². The molecule has 0 aromatic heterocycles. The Morgan fingerprint density at radius 2 is 0.469 bits per heavy atom. The van der Waals surface area contributed by atoms with Crippen LogP contribution in [0.3, 0.4) is 0 Å². The SMILES string of the molecule is CCC(C)(C)C(=O)OC(C)(C)CC(=O)OC(C(F)(F)F)C(F)(F)F.CCC(C)C(=O)OC(C)(C)CC(=O)OC(C(F)(F)F)C(F)(F)F.CCC(C)C(=O)OC(CC)(CC)CC(=O)OC(C(F)(F)F)C(F)(F)F.CCC(CC)(CC(=O)OC(C(F)(F)F)C(F)(F)F)OC(=O)C(C)(C)CC. The van der Waals surface area contributed by atoms with Gasteiger partial charge in [0, 0.05) is 0 Å². The number of hydrogen-bond donors (Lipinski definition) is 0. The van der Waals surface area contributed by atoms with E-state index in [9.17, 15) is 144 Å². The molecule has 0 radical (unpaired) electrons. The molecule has 0 aromatic carbocycles. The van der Waals surface area contributed by atoms with E-state index in [0.717, 1.165) is 0 Å². The number of carbonyl (C=O) groups excluding carboxylic acids is 8. The summed E-state index contributed by atoms with van der Waals surface area (Å²) in [4.78, 5) is 93.9. The first kappa shape index (κ1) is 98.5. The predicted molar refractivity (Wildman–Crippen MR) is 293 cm³/mol. The maximum atomic E-state index is 12.5. The molecule has 40 heteroatoms. The summed E-state index contributed by atoms with van der Waals surface area (Å²) < 4.78 is 332. The van der Waals surface area contributed by atoms with Gasteiger partial charge in [-0.3, -0.25) is 38.4 Å². The molecule has 0 aromatic rings. The molecule has 2 unspecified atom stereocenters. The molecule has 0 bridgehead atoms. The molecule has 0 rings (SSSR count). The molecule has 0 saturated carbocycles. The molecule has 0 aliphatic carbocycles. The molecular weight excluding hydrogens is 1410 g/mol. The number of esters is 8. The van der Waals surface area contributed by atoms with Crippen molar-refractivity contribution in [2.24, 2.45) is 22.7 Å². The van der Waals surface area contributed by atoms with Gasteiger partial charge in [0.2, 0.25) is 0 Å². The van der Waals surface area contributed by atoms with Crippen molar-refractivity contribution in [2.75, 3.05) is 0 Å². The molecule has 0 fully saturated rings. The van der Waals surface area contributed by atoms with E-state index in [-0.39, 0.29) is 25.7 Å². The van der Waals surface area contributed by atoms with Gasteiger partial charge in [-0.1, -0.05) is 69.2 Å². The van der Waals surface area contributed by atoms with Crippen LogP contribution in [-0.2, 0) is 76.3 Å². The quantitative estimate of drug-likeness (QED) is 0.0405. The highest BCUT2D eigenvalue weighted by atomic mass is 19.4. The summed E-state index contributed by atoms with van der Waals surface area (Å²) in [5.74, 6) is -10.9. The molecule has 0 aliphatic rings. The Labute approximate surface area is 549 Å². The first-order chi connectivity index (χ1) is 43.3. The van der Waals surface area contributed by atoms with Gasteiger partial charge in [0.1, 0.15) is 22.4 Å². The van der Waals surface area contributed by atoms with Gasteiger partial charge in [-0.25, -0.2) is 0 Å². The highest BCUT2D eigenvalue weighted by Gasteiger charge is 2.63. The van der Waals surface area contributed by atoms with Crippen molar-refractivity contribution in [2.45, 2.75) is 298 Å². The minimum atomic E-state index is -5.80. The molecule has 98 heavy (non-hydrogen) atoms. The Morgan fingerprint density at radius 3 is 0.673 bits per heavy atom. The highest BCUT2D eigenvalue weighted by Crippen LogP contribution is 2.42. The number of halogens is 24. The Balaban J connectivity index is -0.000000602. The Kier molecular flexibility index (Phi) is 37.8. The standard InChI is InChI=1S/C16H24F6O4.C15H22F6O4.C14H20F6O4.C13H18F6O4/c1-6-13(4,5)12(24)26-14(7-2,8-3)9-10(23)25-11(15(17,18)19)16(20,21)22;1-5-9(4)11(23)25-13(6-2,7-3)8-10(22)24-12(14(16,17)18)15(19,20)21;1-6-11(2,3)10(22)24-12(4,5)7-8(21)23-9(13(15,16)17)14(18,19)20;1-5-7(2)9(21)23-11(3,4)6-8(20)22-10(12(14,15)16)13(17,18)19/h11H,6-9H2,1-5H3;9,12H,5-8H2,1-4H3;9H,6-7H2,1-5H3;7,10H,5-6H2,1-4H3. The molecule has 580 valence electrons. The van der Waals surface area contributed by atoms with Crippen molar-refractivity contribution in [3.8, 4) is 0 Å². The number of hydrogen-bond acceptors (Lipinski definition) is 16. The van der Waals surface area contributed by atoms with Crippen molar-refractivity contribution in [3.05, 3.63) is 0 Å². The van der Waals surface area contributed by atoms with E-state index in [1.54, 1.807) is 62.3 Å². The zero-order valence-corrected chi connectivity index (χ0v) is 56.6. The fraction of sp³-hybridized carbons (Fsp3) is 0.862. The zero-order chi connectivity index (χ0) is 79.2. The fourth-order valence-corrected chi connectivity index (χ4v) is 6.66. The van der Waals surface area contributed by atoms with E-state index in [1.807, 2.05) is 0 Å². The predicted octanol–water partition coefficient (Wildman–Crippen LogP) is 17.5. The lowest BCUT2D eigenvalue weighted by atomic mass is 9.88. The molecule has 0 saturated heterocycles. The zero-order valence-electron chi connectivity index (χ0n) is 56.6. The normalized spacial score (nSPS) is 14.1. The lowest BCUT2D eigenvalue weighted by Crippen LogP contribution is -2.47. The van der Waals surface area contributed by atoms with E-state index < -0.39 is 192 Å². The lowest BCUT2D eigenvalue weighted by Gasteiger charge is -2.34. The van der Waals surface area contributed by atoms with Gasteiger partial charge in [-0.05, 0) is 107 Å². The monoisotopic (exact) mass is 1490 g/mol. The minimum Gasteiger partial charge on any atom is -0.459 e. The van der Waals surface area contributed by atoms with Crippen LogP contribution in [0.5, 0.6) is 0 Å². The average molecular weight is 1490 g/mol. The number of carbonyl (C=O) groups is 8. The van der Waals surface area contributed by atoms with Crippen LogP contribution in [-0.4, -0.2) is 144 Å². The molecule has 0 heterocycles. The second-order valence-corrected chi connectivity index (χ2v) is 24.5. The first-order valence-electron chi connectivity index (χ1n) is 29.5. The van der Waals surface area contributed by atoms with Gasteiger partial charge in [0.15, 0.2) is 0 Å². The summed E-state index contributed by atoms with van der Waals surface area (Å²) in [6.45, 7) is 26.9. The fourth-order valence-electron chi connectivity index (χ4n) is 6.66. The van der Waals surface area contributed by atoms with Crippen LogP contribution >= 0.6 is 0 Å². The van der Waals surface area contributed by atoms with Gasteiger partial charge in [0.05, 0.1) is 48.3 Å². The minimum absolute atomic E-state index is 0.0207. The Hall–Kier alpha value is -5.92. The van der Waals surface area contributed by atoms with Crippen LogP contribution < -0.4 is 0 Å². The number of ether oxygens (including phenoxy) is 8. The maximum Gasteiger partial charge on any atom is 0.434 e. The summed E-state index contributed by atoms with van der Waals surface area (Å²) in [6.07, 6.45) is -65.2. The van der Waals surface area contributed by atoms with Crippen LogP contribution in [0.1, 0.15) is 202 Å². The molecular formula is C58H84F24O16. The van der Waals surface area contributed by atoms with Crippen LogP contribution in [0, 0.1) is 22.7 Å². The molecule has 2 atom stereocenters. The Bertz CT molecular complexity index is 2460. The van der Waals surface area contributed by atoms with Crippen molar-refractivity contribution >= 4 is 47.8 Å². The third-order valence-electron chi connectivity index (χ3n) is 14.3. The summed E-state index contributed by atoms with van der Waals surface area (Å²) in [7, 11) is 0. The largest absolute Gasteiger partial charge is 0.459 e. The maximum absolute atomic E-state index is 12.5. The van der Waals surface area contributed by atoms with E-state index in [4.69, 9.17) is 18.9 Å². The summed E-state index contributed by atoms with van der Waals surface area (Å²) in [6, 6.07) is 0. The summed E-state index contributed by atoms with van der Waals surface area (Å²) in [5.41, 5.74) is -8.11. The number of rotatable bonds is 28. The van der Waals surface area contributed by atoms with E-state index >= 15 is 0 Å². The molecule has 0 N–H and O–H groups in total. The van der Waals surface area contributed by atoms with Gasteiger partial charge in [-0.15, -0.1) is 0 Å². The van der Waals surface area contributed by atoms with Crippen LogP contribution in [0.2, 0.25) is 0 Å². The highest BCUT2D eigenvalue weighted by molar-refractivity contribution is 5.79.